The molecule has 0 aromatic rings. The van der Waals surface area contributed by atoms with Crippen molar-refractivity contribution >= 4 is 17.9 Å². The number of hydrogen-bond donors (Lipinski definition) is 1. The molecule has 0 aliphatic heterocycles. The minimum absolute atomic E-state index is 0.0227. The molecule has 0 aromatic carbocycles. The molecule has 0 saturated heterocycles. The Bertz CT molecular complexity index is 857. The van der Waals surface area contributed by atoms with Crippen molar-refractivity contribution in [1.82, 2.24) is 0 Å². The fourth-order valence-corrected chi connectivity index (χ4v) is 9.42. The molecule has 4 rings (SSSR count). The van der Waals surface area contributed by atoms with E-state index in [0.717, 1.165) is 44.9 Å². The molecule has 4 saturated carbocycles. The van der Waals surface area contributed by atoms with Crippen LogP contribution >= 0.6 is 0 Å². The molecule has 0 spiro atoms. The van der Waals surface area contributed by atoms with E-state index in [9.17, 15) is 19.5 Å². The summed E-state index contributed by atoms with van der Waals surface area (Å²) in [5, 5.41) is 11.8. The molecular formula is C29H46O7. The lowest BCUT2D eigenvalue weighted by Gasteiger charge is -2.64. The summed E-state index contributed by atoms with van der Waals surface area (Å²) in [5.74, 6) is 0.965. The van der Waals surface area contributed by atoms with Crippen molar-refractivity contribution in [2.75, 3.05) is 7.11 Å². The number of esters is 3. The summed E-state index contributed by atoms with van der Waals surface area (Å²) < 4.78 is 16.5. The van der Waals surface area contributed by atoms with Crippen LogP contribution in [0.25, 0.3) is 0 Å². The van der Waals surface area contributed by atoms with Gasteiger partial charge >= 0.3 is 17.9 Å². The molecule has 4 fully saturated rings. The third-order valence-electron chi connectivity index (χ3n) is 11.2. The zero-order valence-electron chi connectivity index (χ0n) is 23.0. The summed E-state index contributed by atoms with van der Waals surface area (Å²) in [6.07, 6.45) is 6.59. The first-order valence-electron chi connectivity index (χ1n) is 14.0. The Balaban J connectivity index is 1.62. The summed E-state index contributed by atoms with van der Waals surface area (Å²) >= 11 is 0. The van der Waals surface area contributed by atoms with E-state index in [1.807, 2.05) is 0 Å². The number of carbonyl (C=O) groups excluding carboxylic acids is 3. The van der Waals surface area contributed by atoms with Gasteiger partial charge in [-0.05, 0) is 91.8 Å². The molecule has 11 atom stereocenters. The molecule has 0 bridgehead atoms. The highest BCUT2D eigenvalue weighted by molar-refractivity contribution is 5.69. The highest BCUT2D eigenvalue weighted by Gasteiger charge is 2.66. The maximum absolute atomic E-state index is 12.2. The van der Waals surface area contributed by atoms with Gasteiger partial charge in [-0.1, -0.05) is 20.8 Å². The van der Waals surface area contributed by atoms with Gasteiger partial charge in [-0.2, -0.15) is 0 Å². The second-order valence-electron chi connectivity index (χ2n) is 12.8. The van der Waals surface area contributed by atoms with E-state index in [-0.39, 0.29) is 64.6 Å². The van der Waals surface area contributed by atoms with Gasteiger partial charge < -0.3 is 19.3 Å². The summed E-state index contributed by atoms with van der Waals surface area (Å²) in [6, 6.07) is 0. The van der Waals surface area contributed by atoms with Crippen LogP contribution in [-0.2, 0) is 28.6 Å². The highest BCUT2D eigenvalue weighted by atomic mass is 16.5. The third-order valence-corrected chi connectivity index (χ3v) is 11.2. The predicted octanol–water partition coefficient (Wildman–Crippen LogP) is 4.68. The standard InChI is InChI=1S/C29H46O7/c1-16(7-10-26(33)34-6)21-8-9-22-27-23(15-25(32)29(21,22)5)28(4)12-11-20(35-17(2)30)13-19(28)14-24(27)36-18(3)31/h16,19-25,27,32H,7-15H2,1-6H3/t16-,19+,20-,21-,22+,23+,24-,25+,27+,28+,29-/m1/s1. The first kappa shape index (κ1) is 27.4. The van der Waals surface area contributed by atoms with Crippen LogP contribution in [0.15, 0.2) is 0 Å². The number of carbonyl (C=O) groups is 3. The van der Waals surface area contributed by atoms with Crippen molar-refractivity contribution in [2.24, 2.45) is 46.3 Å². The predicted molar refractivity (Wildman–Crippen MR) is 134 cm³/mol. The molecule has 1 N–H and O–H groups in total. The van der Waals surface area contributed by atoms with Gasteiger partial charge in [0, 0.05) is 26.2 Å². The minimum atomic E-state index is -0.434. The topological polar surface area (TPSA) is 99.1 Å². The minimum Gasteiger partial charge on any atom is -0.469 e. The lowest BCUT2D eigenvalue weighted by molar-refractivity contribution is -0.218. The quantitative estimate of drug-likeness (QED) is 0.412. The summed E-state index contributed by atoms with van der Waals surface area (Å²) in [5.41, 5.74) is -0.248. The van der Waals surface area contributed by atoms with Crippen LogP contribution in [-0.4, -0.2) is 48.4 Å². The van der Waals surface area contributed by atoms with Crippen LogP contribution in [0.4, 0.5) is 0 Å². The van der Waals surface area contributed by atoms with E-state index >= 15 is 0 Å². The third kappa shape index (κ3) is 4.69. The Kier molecular flexibility index (Phi) is 7.81. The maximum atomic E-state index is 12.2. The van der Waals surface area contributed by atoms with Crippen molar-refractivity contribution in [1.29, 1.82) is 0 Å². The molecule has 0 amide bonds. The first-order valence-corrected chi connectivity index (χ1v) is 14.0. The number of aliphatic hydroxyl groups is 1. The number of rotatable bonds is 6. The monoisotopic (exact) mass is 506 g/mol. The van der Waals surface area contributed by atoms with E-state index < -0.39 is 6.10 Å². The van der Waals surface area contributed by atoms with Crippen LogP contribution in [0.3, 0.4) is 0 Å². The van der Waals surface area contributed by atoms with Crippen molar-refractivity contribution in [3.63, 3.8) is 0 Å². The van der Waals surface area contributed by atoms with Gasteiger partial charge in [0.25, 0.3) is 0 Å². The Labute approximate surface area is 216 Å². The van der Waals surface area contributed by atoms with E-state index in [4.69, 9.17) is 14.2 Å². The molecule has 0 heterocycles. The Morgan fingerprint density at radius 1 is 0.972 bits per heavy atom. The van der Waals surface area contributed by atoms with Gasteiger partial charge in [0.15, 0.2) is 0 Å². The molecule has 4 aliphatic rings. The van der Waals surface area contributed by atoms with Gasteiger partial charge in [0.05, 0.1) is 13.2 Å². The molecule has 4 aliphatic carbocycles. The molecule has 0 unspecified atom stereocenters. The molecule has 7 nitrogen and oxygen atoms in total. The smallest absolute Gasteiger partial charge is 0.305 e. The summed E-state index contributed by atoms with van der Waals surface area (Å²) in [7, 11) is 1.43. The van der Waals surface area contributed by atoms with Gasteiger partial charge in [-0.25, -0.2) is 0 Å². The number of ether oxygens (including phenoxy) is 3. The largest absolute Gasteiger partial charge is 0.469 e. The van der Waals surface area contributed by atoms with Crippen LogP contribution in [0.1, 0.15) is 92.4 Å². The average molecular weight is 507 g/mol. The molecule has 36 heavy (non-hydrogen) atoms. The van der Waals surface area contributed by atoms with Crippen molar-refractivity contribution < 1.29 is 33.7 Å². The number of hydrogen-bond acceptors (Lipinski definition) is 7. The highest BCUT2D eigenvalue weighted by Crippen LogP contribution is 2.68. The second-order valence-corrected chi connectivity index (χ2v) is 12.8. The van der Waals surface area contributed by atoms with E-state index in [0.29, 0.717) is 24.7 Å². The molecule has 7 heteroatoms. The average Bonchev–Trinajstić information content (AvgIpc) is 3.16. The van der Waals surface area contributed by atoms with Gasteiger partial charge in [-0.3, -0.25) is 14.4 Å². The first-order chi connectivity index (χ1) is 16.9. The summed E-state index contributed by atoms with van der Waals surface area (Å²) in [6.45, 7) is 9.78. The fourth-order valence-electron chi connectivity index (χ4n) is 9.42. The molecule has 0 aromatic heterocycles. The number of fused-ring (bicyclic) bond motifs is 5. The van der Waals surface area contributed by atoms with Crippen molar-refractivity contribution in [3.05, 3.63) is 0 Å². The lowest BCUT2D eigenvalue weighted by atomic mass is 9.43. The van der Waals surface area contributed by atoms with Crippen LogP contribution < -0.4 is 0 Å². The Hall–Kier alpha value is -1.63. The molecule has 204 valence electrons. The SMILES string of the molecule is COC(=O)CC[C@@H](C)[C@H]1CC[C@H]2[C@@H]3[C@H](OC(C)=O)C[C@@H]4C[C@H](OC(C)=O)CC[C@]4(C)[C@H]3C[C@H](O)[C@]12C. The van der Waals surface area contributed by atoms with Gasteiger partial charge in [0.2, 0.25) is 0 Å². The van der Waals surface area contributed by atoms with Crippen molar-refractivity contribution in [2.45, 2.75) is 111 Å². The Morgan fingerprint density at radius 3 is 2.31 bits per heavy atom. The normalized spacial score (nSPS) is 44.4. The zero-order valence-corrected chi connectivity index (χ0v) is 23.0. The number of methoxy groups -OCH3 is 1. The van der Waals surface area contributed by atoms with Crippen molar-refractivity contribution in [3.8, 4) is 0 Å². The lowest BCUT2D eigenvalue weighted by Crippen LogP contribution is -2.63. The van der Waals surface area contributed by atoms with E-state index in [1.165, 1.54) is 21.0 Å². The Morgan fingerprint density at radius 2 is 1.67 bits per heavy atom. The molecular weight excluding hydrogens is 460 g/mol. The van der Waals surface area contributed by atoms with Gasteiger partial charge in [0.1, 0.15) is 12.2 Å². The van der Waals surface area contributed by atoms with E-state index in [1.54, 1.807) is 0 Å². The van der Waals surface area contributed by atoms with Gasteiger partial charge in [-0.15, -0.1) is 0 Å². The fraction of sp³-hybridized carbons (Fsp3) is 0.897. The number of aliphatic hydroxyl groups excluding tert-OH is 1. The van der Waals surface area contributed by atoms with Crippen LogP contribution in [0.2, 0.25) is 0 Å². The maximum Gasteiger partial charge on any atom is 0.305 e. The molecule has 0 radical (unpaired) electrons. The zero-order chi connectivity index (χ0) is 26.4. The van der Waals surface area contributed by atoms with Crippen LogP contribution in [0, 0.1) is 46.3 Å². The second kappa shape index (κ2) is 10.3. The van der Waals surface area contributed by atoms with Crippen LogP contribution in [0.5, 0.6) is 0 Å². The van der Waals surface area contributed by atoms with E-state index in [2.05, 4.69) is 20.8 Å². The summed E-state index contributed by atoms with van der Waals surface area (Å²) in [4.78, 5) is 35.7.